The lowest BCUT2D eigenvalue weighted by atomic mass is 10.5. The van der Waals surface area contributed by atoms with Gasteiger partial charge in [-0.3, -0.25) is 0 Å². The number of hydrogen-bond donors (Lipinski definition) is 2. The van der Waals surface area contributed by atoms with E-state index in [1.54, 1.807) is 0 Å². The highest BCUT2D eigenvalue weighted by atomic mass is 31.1. The lowest BCUT2D eigenvalue weighted by Crippen LogP contribution is -2.46. The van der Waals surface area contributed by atoms with E-state index in [4.69, 9.17) is 18.2 Å². The highest BCUT2D eigenvalue weighted by Gasteiger charge is 2.39. The van der Waals surface area contributed by atoms with E-state index in [-0.39, 0.29) is 6.61 Å². The molecule has 0 spiro atoms. The Morgan fingerprint density at radius 3 is 2.05 bits per heavy atom. The van der Waals surface area contributed by atoms with Gasteiger partial charge in [-0.2, -0.15) is 0 Å². The Hall–Kier alpha value is 0.0769. The Balaban J connectivity index is 3.91. The van der Waals surface area contributed by atoms with E-state index in [1.807, 2.05) is 20.8 Å². The maximum atomic E-state index is 10.3. The van der Waals surface area contributed by atoms with Crippen molar-refractivity contribution in [3.8, 4) is 0 Å². The lowest BCUT2D eigenvalue weighted by molar-refractivity contribution is 0.0708. The van der Waals surface area contributed by atoms with Crippen LogP contribution in [0, 0.1) is 0 Å². The first kappa shape index (κ1) is 20.1. The van der Waals surface area contributed by atoms with Gasteiger partial charge in [0.25, 0.3) is 0 Å². The molecule has 7 nitrogen and oxygen atoms in total. The van der Waals surface area contributed by atoms with Crippen LogP contribution in [0.3, 0.4) is 0 Å². The highest BCUT2D eigenvalue weighted by Crippen LogP contribution is 2.17. The molecule has 9 heteroatoms. The molecule has 0 radical (unpaired) electrons. The third kappa shape index (κ3) is 9.90. The smallest absolute Gasteiger partial charge is 0.374 e. The molecule has 0 aliphatic heterocycles. The van der Waals surface area contributed by atoms with E-state index in [9.17, 15) is 4.57 Å². The van der Waals surface area contributed by atoms with Crippen molar-refractivity contribution in [1.82, 2.24) is 5.32 Å². The first-order valence-electron chi connectivity index (χ1n) is 7.01. The molecule has 0 heterocycles. The molecule has 1 unspecified atom stereocenters. The Bertz CT molecular complexity index is 242. The SMILES string of the molecule is CCO[Si](CCCNCCO[P+](=O)O)(OCC)OCC. The largest absolute Gasteiger partial charge is 0.694 e. The van der Waals surface area contributed by atoms with Crippen molar-refractivity contribution in [3.05, 3.63) is 0 Å². The van der Waals surface area contributed by atoms with Gasteiger partial charge in [0, 0.05) is 37.0 Å². The van der Waals surface area contributed by atoms with Crippen LogP contribution in [0.25, 0.3) is 0 Å². The summed E-state index contributed by atoms with van der Waals surface area (Å²) in [4.78, 5) is 8.45. The van der Waals surface area contributed by atoms with Crippen molar-refractivity contribution in [3.63, 3.8) is 0 Å². The summed E-state index contributed by atoms with van der Waals surface area (Å²) in [6.07, 6.45) is 0.859. The third-order valence-electron chi connectivity index (χ3n) is 2.41. The molecule has 0 aromatic heterocycles. The van der Waals surface area contributed by atoms with Gasteiger partial charge in [0.2, 0.25) is 0 Å². The molecule has 0 bridgehead atoms. The van der Waals surface area contributed by atoms with E-state index in [0.29, 0.717) is 26.4 Å². The second-order valence-electron chi connectivity index (χ2n) is 3.91. The molecule has 0 aromatic carbocycles. The second-order valence-corrected chi connectivity index (χ2v) is 7.37. The standard InChI is InChI=1S/C11H26NO6PSi/c1-4-16-20(17-5-2,18-6-3)11-7-8-12-9-10-15-19(13)14/h12H,4-11H2,1-3H3/p+1. The molecule has 0 aliphatic carbocycles. The highest BCUT2D eigenvalue weighted by molar-refractivity contribution is 7.32. The van der Waals surface area contributed by atoms with Crippen molar-refractivity contribution in [2.24, 2.45) is 0 Å². The van der Waals surface area contributed by atoms with Gasteiger partial charge in [-0.05, 0) is 33.7 Å². The topological polar surface area (TPSA) is 86.3 Å². The molecule has 0 rings (SSSR count). The summed E-state index contributed by atoms with van der Waals surface area (Å²) in [6, 6.07) is 0.755. The summed E-state index contributed by atoms with van der Waals surface area (Å²) in [7, 11) is -5.04. The van der Waals surface area contributed by atoms with Gasteiger partial charge in [0.05, 0.1) is 0 Å². The molecule has 0 amide bonds. The number of nitrogens with one attached hydrogen (secondary N) is 1. The minimum absolute atomic E-state index is 0.219. The minimum atomic E-state index is -2.54. The van der Waals surface area contributed by atoms with Crippen molar-refractivity contribution in [2.75, 3.05) is 39.5 Å². The zero-order valence-electron chi connectivity index (χ0n) is 12.6. The number of rotatable bonds is 14. The van der Waals surface area contributed by atoms with Crippen LogP contribution in [-0.2, 0) is 22.4 Å². The van der Waals surface area contributed by atoms with Crippen LogP contribution in [0.4, 0.5) is 0 Å². The Kier molecular flexibility index (Phi) is 12.8. The monoisotopic (exact) mass is 328 g/mol. The van der Waals surface area contributed by atoms with Crippen molar-refractivity contribution < 1.29 is 27.3 Å². The Morgan fingerprint density at radius 1 is 1.05 bits per heavy atom. The fourth-order valence-corrected chi connectivity index (χ4v) is 4.61. The zero-order valence-corrected chi connectivity index (χ0v) is 14.5. The molecule has 120 valence electrons. The molecule has 20 heavy (non-hydrogen) atoms. The van der Waals surface area contributed by atoms with Gasteiger partial charge >= 0.3 is 17.1 Å². The summed E-state index contributed by atoms with van der Waals surface area (Å²) in [6.45, 7) is 9.06. The van der Waals surface area contributed by atoms with Crippen LogP contribution in [-0.4, -0.2) is 53.2 Å². The molecular weight excluding hydrogens is 301 g/mol. The van der Waals surface area contributed by atoms with Crippen LogP contribution < -0.4 is 5.32 Å². The molecule has 0 fully saturated rings. The lowest BCUT2D eigenvalue weighted by Gasteiger charge is -2.28. The quantitative estimate of drug-likeness (QED) is 0.285. The van der Waals surface area contributed by atoms with Gasteiger partial charge in [0.15, 0.2) is 0 Å². The van der Waals surface area contributed by atoms with Crippen LogP contribution in [0.2, 0.25) is 6.04 Å². The third-order valence-corrected chi connectivity index (χ3v) is 5.96. The Morgan fingerprint density at radius 2 is 1.60 bits per heavy atom. The molecule has 0 aromatic rings. The van der Waals surface area contributed by atoms with E-state index >= 15 is 0 Å². The van der Waals surface area contributed by atoms with Crippen molar-refractivity contribution >= 4 is 17.1 Å². The molecule has 2 N–H and O–H groups in total. The van der Waals surface area contributed by atoms with Gasteiger partial charge in [-0.1, -0.05) is 0 Å². The fraction of sp³-hybridized carbons (Fsp3) is 1.00. The van der Waals surface area contributed by atoms with Crippen molar-refractivity contribution in [1.29, 1.82) is 0 Å². The summed E-state index contributed by atoms with van der Waals surface area (Å²) in [5.41, 5.74) is 0. The molecule has 1 atom stereocenters. The molecule has 0 saturated heterocycles. The average Bonchev–Trinajstić information content (AvgIpc) is 2.38. The Labute approximate surface area is 123 Å². The minimum Gasteiger partial charge on any atom is -0.374 e. The predicted molar refractivity (Wildman–Crippen MR) is 78.7 cm³/mol. The zero-order chi connectivity index (χ0) is 15.3. The van der Waals surface area contributed by atoms with Gasteiger partial charge < -0.3 is 18.6 Å². The predicted octanol–water partition coefficient (Wildman–Crippen LogP) is 1.68. The van der Waals surface area contributed by atoms with E-state index in [1.165, 1.54) is 0 Å². The van der Waals surface area contributed by atoms with Gasteiger partial charge in [-0.25, -0.2) is 0 Å². The average molecular weight is 328 g/mol. The fourth-order valence-electron chi connectivity index (χ4n) is 1.75. The van der Waals surface area contributed by atoms with E-state index in [2.05, 4.69) is 9.84 Å². The second kappa shape index (κ2) is 12.8. The maximum absolute atomic E-state index is 10.3. The van der Waals surface area contributed by atoms with Crippen LogP contribution in [0.5, 0.6) is 0 Å². The van der Waals surface area contributed by atoms with E-state index < -0.39 is 17.1 Å². The van der Waals surface area contributed by atoms with Crippen LogP contribution >= 0.6 is 8.25 Å². The van der Waals surface area contributed by atoms with Crippen LogP contribution in [0.1, 0.15) is 27.2 Å². The number of hydrogen-bond acceptors (Lipinski definition) is 6. The van der Waals surface area contributed by atoms with Gasteiger partial charge in [0.1, 0.15) is 6.61 Å². The van der Waals surface area contributed by atoms with Crippen LogP contribution in [0.15, 0.2) is 0 Å². The normalized spacial score (nSPS) is 12.7. The molecule has 0 aliphatic rings. The molecule has 0 saturated carbocycles. The summed E-state index contributed by atoms with van der Waals surface area (Å²) < 4.78 is 32.1. The van der Waals surface area contributed by atoms with Gasteiger partial charge in [-0.15, -0.1) is 9.42 Å². The summed E-state index contributed by atoms with van der Waals surface area (Å²) in [5.74, 6) is 0. The van der Waals surface area contributed by atoms with E-state index in [0.717, 1.165) is 19.0 Å². The maximum Gasteiger partial charge on any atom is 0.694 e. The first-order chi connectivity index (χ1) is 9.60. The first-order valence-corrected chi connectivity index (χ1v) is 10.1. The molecular formula is C11H27NO6PSi+. The summed E-state index contributed by atoms with van der Waals surface area (Å²) in [5, 5.41) is 3.13. The van der Waals surface area contributed by atoms with Crippen molar-refractivity contribution in [2.45, 2.75) is 33.2 Å². The summed E-state index contributed by atoms with van der Waals surface area (Å²) >= 11 is 0.